The van der Waals surface area contributed by atoms with Crippen LogP contribution in [0.15, 0.2) is 48.5 Å². The molecule has 2 aromatic rings. The summed E-state index contributed by atoms with van der Waals surface area (Å²) in [7, 11) is 1.59. The van der Waals surface area contributed by atoms with E-state index >= 15 is 0 Å². The molecule has 1 N–H and O–H groups in total. The molecular weight excluding hydrogens is 502 g/mol. The molecule has 1 amide bonds. The van der Waals surface area contributed by atoms with E-state index in [4.69, 9.17) is 9.47 Å². The number of carbonyl (C=O) groups excluding carboxylic acids is 1. The lowest BCUT2D eigenvalue weighted by atomic mass is 10.0. The summed E-state index contributed by atoms with van der Waals surface area (Å²) in [6, 6.07) is 10.3. The molecule has 11 heteroatoms. The van der Waals surface area contributed by atoms with Crippen LogP contribution in [0.2, 0.25) is 0 Å². The minimum absolute atomic E-state index is 0.0229. The van der Waals surface area contributed by atoms with Gasteiger partial charge >= 0.3 is 12.4 Å². The number of hydrogen-bond donors (Lipinski definition) is 1. The minimum atomic E-state index is -4.93. The number of nitrogens with zero attached hydrogens (tertiary/aromatic N) is 1. The van der Waals surface area contributed by atoms with Crippen molar-refractivity contribution < 1.29 is 40.6 Å². The summed E-state index contributed by atoms with van der Waals surface area (Å²) in [5, 5.41) is 2.58. The maximum atomic E-state index is 13.2. The highest BCUT2D eigenvalue weighted by atomic mass is 19.4. The first-order valence-corrected chi connectivity index (χ1v) is 12.0. The van der Waals surface area contributed by atoms with E-state index in [-0.39, 0.29) is 17.5 Å². The molecule has 0 radical (unpaired) electrons. The van der Waals surface area contributed by atoms with Crippen molar-refractivity contribution in [1.29, 1.82) is 0 Å². The van der Waals surface area contributed by atoms with E-state index in [9.17, 15) is 31.1 Å². The zero-order valence-corrected chi connectivity index (χ0v) is 20.4. The summed E-state index contributed by atoms with van der Waals surface area (Å²) in [5.74, 6) is -0.0229. The second kappa shape index (κ2) is 12.7. The number of nitrogens with one attached hydrogen (secondary N) is 1. The summed E-state index contributed by atoms with van der Waals surface area (Å²) in [4.78, 5) is 13.6. The number of ether oxygens (including phenoxy) is 2. The molecule has 0 spiro atoms. The van der Waals surface area contributed by atoms with Crippen molar-refractivity contribution in [3.63, 3.8) is 0 Å². The average molecular weight is 533 g/mol. The lowest BCUT2D eigenvalue weighted by Gasteiger charge is -2.41. The fourth-order valence-electron chi connectivity index (χ4n) is 4.28. The Hall–Kier alpha value is -2.63. The smallest absolute Gasteiger partial charge is 0.359 e. The normalized spacial score (nSPS) is 19.1. The number of hydrogen-bond acceptors (Lipinski definition) is 4. The van der Waals surface area contributed by atoms with Crippen LogP contribution in [0, 0.1) is 0 Å². The van der Waals surface area contributed by atoms with Crippen LogP contribution in [-0.4, -0.2) is 43.8 Å². The second-order valence-electron chi connectivity index (χ2n) is 8.84. The molecule has 0 aliphatic carbocycles. The lowest BCUT2D eigenvalue weighted by molar-refractivity contribution is -0.216. The van der Waals surface area contributed by atoms with E-state index in [1.54, 1.807) is 7.05 Å². The van der Waals surface area contributed by atoms with Gasteiger partial charge in [0.25, 0.3) is 0 Å². The number of carbonyl (C=O) groups is 1. The van der Waals surface area contributed by atoms with Gasteiger partial charge in [-0.15, -0.1) is 0 Å². The Labute approximate surface area is 211 Å². The number of unbranched alkanes of at least 4 members (excludes halogenated alkanes) is 2. The summed E-state index contributed by atoms with van der Waals surface area (Å²) < 4.78 is 91.1. The summed E-state index contributed by atoms with van der Waals surface area (Å²) in [6.07, 6.45) is -7.97. The van der Waals surface area contributed by atoms with Crippen molar-refractivity contribution in [1.82, 2.24) is 10.2 Å². The van der Waals surface area contributed by atoms with Crippen molar-refractivity contribution in [3.8, 4) is 0 Å². The third-order valence-electron chi connectivity index (χ3n) is 6.14. The number of rotatable bonds is 10. The molecule has 5 nitrogen and oxygen atoms in total. The van der Waals surface area contributed by atoms with Crippen LogP contribution in [0.5, 0.6) is 0 Å². The predicted octanol–water partition coefficient (Wildman–Crippen LogP) is 5.95. The van der Waals surface area contributed by atoms with Gasteiger partial charge in [-0.3, -0.25) is 9.69 Å². The highest BCUT2D eigenvalue weighted by Crippen LogP contribution is 2.37. The van der Waals surface area contributed by atoms with Crippen LogP contribution in [-0.2, 0) is 33.2 Å². The molecule has 0 bridgehead atoms. The Bertz CT molecular complexity index is 981. The fraction of sp³-hybridized carbons (Fsp3) is 0.500. The van der Waals surface area contributed by atoms with Crippen LogP contribution >= 0.6 is 0 Å². The van der Waals surface area contributed by atoms with Crippen molar-refractivity contribution in [2.75, 3.05) is 26.7 Å². The predicted molar refractivity (Wildman–Crippen MR) is 124 cm³/mol. The number of halogens is 6. The molecule has 3 rings (SSSR count). The summed E-state index contributed by atoms with van der Waals surface area (Å²) in [5.41, 5.74) is -2.16. The Kier molecular flexibility index (Phi) is 9.97. The molecule has 1 aliphatic rings. The zero-order chi connectivity index (χ0) is 27.1. The first-order valence-electron chi connectivity index (χ1n) is 12.0. The highest BCUT2D eigenvalue weighted by Gasteiger charge is 2.38. The Morgan fingerprint density at radius 2 is 1.65 bits per heavy atom. The molecule has 2 atom stereocenters. The van der Waals surface area contributed by atoms with Gasteiger partial charge in [-0.05, 0) is 48.7 Å². The maximum Gasteiger partial charge on any atom is 0.416 e. The van der Waals surface area contributed by atoms with Gasteiger partial charge in [0.1, 0.15) is 0 Å². The monoisotopic (exact) mass is 532 g/mol. The number of morpholine rings is 1. The first kappa shape index (κ1) is 28.9. The highest BCUT2D eigenvalue weighted by molar-refractivity contribution is 5.75. The molecule has 0 saturated carbocycles. The van der Waals surface area contributed by atoms with E-state index < -0.39 is 42.4 Å². The third-order valence-corrected chi connectivity index (χ3v) is 6.14. The average Bonchev–Trinajstić information content (AvgIpc) is 2.86. The molecule has 2 aromatic carbocycles. The third kappa shape index (κ3) is 8.44. The second-order valence-corrected chi connectivity index (χ2v) is 8.84. The molecule has 1 fully saturated rings. The van der Waals surface area contributed by atoms with Crippen molar-refractivity contribution >= 4 is 5.91 Å². The van der Waals surface area contributed by atoms with Crippen molar-refractivity contribution in [2.24, 2.45) is 0 Å². The van der Waals surface area contributed by atoms with Crippen LogP contribution in [0.25, 0.3) is 0 Å². The molecule has 2 unspecified atom stereocenters. The standard InChI is InChI=1S/C26H30F6N2O3/c1-33-22(35)10-6-3-7-11-34-12-13-36-24(23(34)19-8-4-2-5-9-19)37-17-18-14-20(25(27,28)29)16-21(15-18)26(30,31)32/h2,4-5,8-9,14-16,23-24H,3,6-7,10-13,17H2,1H3,(H,33,35). The minimum Gasteiger partial charge on any atom is -0.359 e. The largest absolute Gasteiger partial charge is 0.416 e. The molecule has 1 saturated heterocycles. The number of benzene rings is 2. The quantitative estimate of drug-likeness (QED) is 0.304. The topological polar surface area (TPSA) is 50.8 Å². The van der Waals surface area contributed by atoms with E-state index in [1.165, 1.54) is 0 Å². The Morgan fingerprint density at radius 1 is 1.00 bits per heavy atom. The van der Waals surface area contributed by atoms with Gasteiger partial charge < -0.3 is 14.8 Å². The number of amides is 1. The maximum absolute atomic E-state index is 13.2. The van der Waals surface area contributed by atoms with Crippen LogP contribution in [0.1, 0.15) is 54.0 Å². The molecule has 1 heterocycles. The number of alkyl halides is 6. The fourth-order valence-corrected chi connectivity index (χ4v) is 4.28. The van der Waals surface area contributed by atoms with Crippen LogP contribution in [0.4, 0.5) is 26.3 Å². The van der Waals surface area contributed by atoms with Gasteiger partial charge in [0.05, 0.1) is 30.4 Å². The van der Waals surface area contributed by atoms with Crippen LogP contribution in [0.3, 0.4) is 0 Å². The van der Waals surface area contributed by atoms with Gasteiger partial charge in [-0.1, -0.05) is 36.8 Å². The van der Waals surface area contributed by atoms with E-state index in [1.807, 2.05) is 30.3 Å². The van der Waals surface area contributed by atoms with E-state index in [0.717, 1.165) is 24.8 Å². The van der Waals surface area contributed by atoms with Crippen LogP contribution < -0.4 is 5.32 Å². The van der Waals surface area contributed by atoms with Crippen molar-refractivity contribution in [3.05, 3.63) is 70.8 Å². The van der Waals surface area contributed by atoms with Gasteiger partial charge in [-0.2, -0.15) is 26.3 Å². The molecular formula is C26H30F6N2O3. The van der Waals surface area contributed by atoms with Crippen molar-refractivity contribution in [2.45, 2.75) is 57.0 Å². The van der Waals surface area contributed by atoms with Gasteiger partial charge in [0.2, 0.25) is 5.91 Å². The first-order chi connectivity index (χ1) is 17.5. The molecule has 1 aliphatic heterocycles. The summed E-state index contributed by atoms with van der Waals surface area (Å²) >= 11 is 0. The molecule has 204 valence electrons. The SMILES string of the molecule is CNC(=O)CCCCCN1CCOC(OCc2cc(C(F)(F)F)cc(C(F)(F)F)c2)C1c1ccccc1. The molecule has 37 heavy (non-hydrogen) atoms. The lowest BCUT2D eigenvalue weighted by Crippen LogP contribution is -2.46. The molecule has 0 aromatic heterocycles. The Morgan fingerprint density at radius 3 is 2.24 bits per heavy atom. The summed E-state index contributed by atoms with van der Waals surface area (Å²) in [6.45, 7) is 1.05. The van der Waals surface area contributed by atoms with E-state index in [2.05, 4.69) is 10.2 Å². The van der Waals surface area contributed by atoms with E-state index in [0.29, 0.717) is 38.2 Å². The van der Waals surface area contributed by atoms with Gasteiger partial charge in [-0.25, -0.2) is 0 Å². The van der Waals surface area contributed by atoms with Gasteiger partial charge in [0.15, 0.2) is 6.29 Å². The Balaban J connectivity index is 1.75. The zero-order valence-electron chi connectivity index (χ0n) is 20.4. The van der Waals surface area contributed by atoms with Gasteiger partial charge in [0, 0.05) is 20.0 Å².